The van der Waals surface area contributed by atoms with Crippen molar-refractivity contribution in [2.45, 2.75) is 44.6 Å². The summed E-state index contributed by atoms with van der Waals surface area (Å²) in [7, 11) is 0. The highest BCUT2D eigenvalue weighted by Gasteiger charge is 2.17. The fourth-order valence-electron chi connectivity index (χ4n) is 3.68. The van der Waals surface area contributed by atoms with Gasteiger partial charge in [-0.15, -0.1) is 0 Å². The molecule has 184 valence electrons. The zero-order valence-electron chi connectivity index (χ0n) is 20.0. The highest BCUT2D eigenvalue weighted by molar-refractivity contribution is 7.98. The maximum Gasteiger partial charge on any atom is 0.338 e. The van der Waals surface area contributed by atoms with E-state index in [1.165, 1.54) is 23.9 Å². The van der Waals surface area contributed by atoms with Crippen LogP contribution in [0.4, 0.5) is 4.39 Å². The molecule has 0 fully saturated rings. The largest absolute Gasteiger partial charge is 0.462 e. The number of nitrogens with zero attached hydrogens (tertiary/aromatic N) is 3. The molecule has 2 aromatic carbocycles. The molecule has 0 radical (unpaired) electrons. The van der Waals surface area contributed by atoms with Crippen LogP contribution in [0.5, 0.6) is 0 Å². The van der Waals surface area contributed by atoms with Crippen molar-refractivity contribution in [3.8, 4) is 11.5 Å². The molecule has 0 bridgehead atoms. The van der Waals surface area contributed by atoms with E-state index in [1.807, 2.05) is 19.9 Å². The lowest BCUT2D eigenvalue weighted by Crippen LogP contribution is -2.05. The molecule has 0 unspecified atom stereocenters. The summed E-state index contributed by atoms with van der Waals surface area (Å²) in [5, 5.41) is 0.812. The summed E-state index contributed by atoms with van der Waals surface area (Å²) < 4.78 is 32.2. The third-order valence-corrected chi connectivity index (χ3v) is 6.39. The van der Waals surface area contributed by atoms with Crippen molar-refractivity contribution < 1.29 is 23.1 Å². The maximum atomic E-state index is 13.6. The molecule has 4 aromatic rings. The Morgan fingerprint density at radius 2 is 2.00 bits per heavy atom. The lowest BCUT2D eigenvalue weighted by atomic mass is 10.2. The number of ether oxygens (including phenoxy) is 2. The van der Waals surface area contributed by atoms with Gasteiger partial charge >= 0.3 is 5.97 Å². The minimum Gasteiger partial charge on any atom is -0.462 e. The number of aryl methyl sites for hydroxylation is 2. The Labute approximate surface area is 207 Å². The number of oxazole rings is 1. The Hall–Kier alpha value is -3.17. The van der Waals surface area contributed by atoms with Crippen LogP contribution >= 0.6 is 11.8 Å². The van der Waals surface area contributed by atoms with Crippen LogP contribution in [0.15, 0.2) is 52.0 Å². The van der Waals surface area contributed by atoms with Gasteiger partial charge < -0.3 is 18.5 Å². The first kappa shape index (κ1) is 24.9. The Bertz CT molecular complexity index is 1320. The molecule has 2 aromatic heterocycles. The van der Waals surface area contributed by atoms with Crippen LogP contribution in [0.3, 0.4) is 0 Å². The molecule has 9 heteroatoms. The number of benzene rings is 2. The number of aromatic nitrogens is 3. The lowest BCUT2D eigenvalue weighted by molar-refractivity contribution is 0.0526. The fraction of sp³-hybridized carbons (Fsp3) is 0.346. The Morgan fingerprint density at radius 1 is 1.14 bits per heavy atom. The van der Waals surface area contributed by atoms with Crippen molar-refractivity contribution in [3.05, 3.63) is 65.3 Å². The average molecular weight is 498 g/mol. The molecular formula is C26H28FN3O4S. The number of thioether (sulfide) groups is 1. The van der Waals surface area contributed by atoms with E-state index >= 15 is 0 Å². The van der Waals surface area contributed by atoms with Crippen molar-refractivity contribution in [2.75, 3.05) is 19.8 Å². The molecule has 0 amide bonds. The second kappa shape index (κ2) is 11.5. The van der Waals surface area contributed by atoms with E-state index in [1.54, 1.807) is 31.2 Å². The van der Waals surface area contributed by atoms with Gasteiger partial charge in [0.05, 0.1) is 28.9 Å². The van der Waals surface area contributed by atoms with Crippen molar-refractivity contribution in [1.82, 2.24) is 14.5 Å². The Balaban J connectivity index is 1.59. The van der Waals surface area contributed by atoms with Gasteiger partial charge in [0.25, 0.3) is 0 Å². The molecule has 4 rings (SSSR count). The number of imidazole rings is 1. The van der Waals surface area contributed by atoms with Gasteiger partial charge in [-0.1, -0.05) is 17.8 Å². The predicted molar refractivity (Wildman–Crippen MR) is 133 cm³/mol. The molecule has 0 atom stereocenters. The SMILES string of the molecule is CCOCCCn1c(SCc2nc(-c3cccc(F)c3)oc2C)nc2cc(C(=O)OCC)ccc21. The van der Waals surface area contributed by atoms with E-state index in [9.17, 15) is 9.18 Å². The Morgan fingerprint density at radius 3 is 2.77 bits per heavy atom. The van der Waals surface area contributed by atoms with Gasteiger partial charge in [-0.3, -0.25) is 0 Å². The molecule has 2 heterocycles. The first-order valence-electron chi connectivity index (χ1n) is 11.6. The highest BCUT2D eigenvalue weighted by atomic mass is 32.2. The molecule has 0 saturated heterocycles. The average Bonchev–Trinajstić information content (AvgIpc) is 3.40. The fourth-order valence-corrected chi connectivity index (χ4v) is 4.73. The van der Waals surface area contributed by atoms with E-state index in [-0.39, 0.29) is 11.8 Å². The van der Waals surface area contributed by atoms with Crippen LogP contribution in [0.1, 0.15) is 42.1 Å². The standard InChI is InChI=1S/C26H28FN3O4S/c1-4-32-13-7-12-30-23-11-10-19(25(31)33-5-2)15-21(23)29-26(30)35-16-22-17(3)34-24(28-22)18-8-6-9-20(27)14-18/h6,8-11,14-15H,4-5,7,12-13,16H2,1-3H3. The second-order valence-electron chi connectivity index (χ2n) is 7.84. The summed E-state index contributed by atoms with van der Waals surface area (Å²) in [5.74, 6) is 0.904. The van der Waals surface area contributed by atoms with E-state index in [0.29, 0.717) is 48.4 Å². The summed E-state index contributed by atoms with van der Waals surface area (Å²) in [6.45, 7) is 7.98. The summed E-state index contributed by atoms with van der Waals surface area (Å²) in [6, 6.07) is 11.6. The monoisotopic (exact) mass is 497 g/mol. The number of halogens is 1. The van der Waals surface area contributed by atoms with Crippen LogP contribution in [0, 0.1) is 12.7 Å². The topological polar surface area (TPSA) is 79.4 Å². The third-order valence-electron chi connectivity index (χ3n) is 5.40. The zero-order chi connectivity index (χ0) is 24.8. The van der Waals surface area contributed by atoms with E-state index in [0.717, 1.165) is 34.8 Å². The van der Waals surface area contributed by atoms with Gasteiger partial charge in [0.15, 0.2) is 5.16 Å². The van der Waals surface area contributed by atoms with E-state index in [4.69, 9.17) is 18.9 Å². The minimum absolute atomic E-state index is 0.318. The van der Waals surface area contributed by atoms with Crippen LogP contribution in [0.25, 0.3) is 22.5 Å². The number of hydrogen-bond donors (Lipinski definition) is 0. The van der Waals surface area contributed by atoms with Crippen LogP contribution < -0.4 is 0 Å². The zero-order valence-corrected chi connectivity index (χ0v) is 20.9. The van der Waals surface area contributed by atoms with Crippen molar-refractivity contribution in [3.63, 3.8) is 0 Å². The smallest absolute Gasteiger partial charge is 0.338 e. The Kier molecular flexibility index (Phi) is 8.20. The molecule has 35 heavy (non-hydrogen) atoms. The van der Waals surface area contributed by atoms with Gasteiger partial charge in [-0.2, -0.15) is 0 Å². The molecule has 0 saturated carbocycles. The normalized spacial score (nSPS) is 11.3. The number of carbonyl (C=O) groups is 1. The van der Waals surface area contributed by atoms with Crippen molar-refractivity contribution in [1.29, 1.82) is 0 Å². The molecule has 0 spiro atoms. The van der Waals surface area contributed by atoms with Gasteiger partial charge in [-0.05, 0) is 63.6 Å². The molecule has 0 aliphatic rings. The molecular weight excluding hydrogens is 469 g/mol. The summed E-state index contributed by atoms with van der Waals surface area (Å²) in [4.78, 5) is 21.6. The molecule has 0 N–H and O–H groups in total. The van der Waals surface area contributed by atoms with E-state index in [2.05, 4.69) is 9.55 Å². The first-order valence-corrected chi connectivity index (χ1v) is 12.6. The number of fused-ring (bicyclic) bond motifs is 1. The van der Waals surface area contributed by atoms with Crippen molar-refractivity contribution >= 4 is 28.8 Å². The third kappa shape index (κ3) is 5.91. The predicted octanol–water partition coefficient (Wildman–Crippen LogP) is 6.03. The summed E-state index contributed by atoms with van der Waals surface area (Å²) in [6.07, 6.45) is 0.833. The molecule has 0 aliphatic carbocycles. The van der Waals surface area contributed by atoms with Crippen LogP contribution in [0.2, 0.25) is 0 Å². The number of esters is 1. The number of carbonyl (C=O) groups excluding carboxylic acids is 1. The molecule has 7 nitrogen and oxygen atoms in total. The first-order chi connectivity index (χ1) is 17.0. The van der Waals surface area contributed by atoms with Crippen LogP contribution in [-0.2, 0) is 21.8 Å². The number of hydrogen-bond acceptors (Lipinski definition) is 7. The number of rotatable bonds is 11. The lowest BCUT2D eigenvalue weighted by Gasteiger charge is -2.09. The quantitative estimate of drug-likeness (QED) is 0.142. The van der Waals surface area contributed by atoms with Gasteiger partial charge in [0, 0.05) is 31.1 Å². The van der Waals surface area contributed by atoms with Gasteiger partial charge in [-0.25, -0.2) is 19.2 Å². The van der Waals surface area contributed by atoms with Gasteiger partial charge in [0.1, 0.15) is 11.6 Å². The maximum absolute atomic E-state index is 13.6. The summed E-state index contributed by atoms with van der Waals surface area (Å²) in [5.41, 5.74) is 3.51. The minimum atomic E-state index is -0.363. The molecule has 0 aliphatic heterocycles. The van der Waals surface area contributed by atoms with Crippen molar-refractivity contribution in [2.24, 2.45) is 0 Å². The van der Waals surface area contributed by atoms with Crippen LogP contribution in [-0.4, -0.2) is 40.3 Å². The van der Waals surface area contributed by atoms with E-state index < -0.39 is 0 Å². The second-order valence-corrected chi connectivity index (χ2v) is 8.78. The highest BCUT2D eigenvalue weighted by Crippen LogP contribution is 2.30. The summed E-state index contributed by atoms with van der Waals surface area (Å²) >= 11 is 1.54. The van der Waals surface area contributed by atoms with Gasteiger partial charge in [0.2, 0.25) is 5.89 Å².